The van der Waals surface area contributed by atoms with Crippen LogP contribution in [-0.4, -0.2) is 56.5 Å². The van der Waals surface area contributed by atoms with E-state index in [4.69, 9.17) is 4.74 Å². The van der Waals surface area contributed by atoms with Crippen LogP contribution in [-0.2, 0) is 0 Å². The molecule has 1 aliphatic heterocycles. The molecule has 1 aromatic carbocycles. The highest BCUT2D eigenvalue weighted by Crippen LogP contribution is 2.10. The van der Waals surface area contributed by atoms with E-state index in [1.54, 1.807) is 7.11 Å². The summed E-state index contributed by atoms with van der Waals surface area (Å²) in [6.07, 6.45) is 1.91. The van der Waals surface area contributed by atoms with Gasteiger partial charge < -0.3 is 9.64 Å². The fourth-order valence-electron chi connectivity index (χ4n) is 1.75. The molecule has 0 atom stereocenters. The normalized spacial score (nSPS) is 17.6. The van der Waals surface area contributed by atoms with E-state index in [9.17, 15) is 0 Å². The van der Waals surface area contributed by atoms with Gasteiger partial charge in [-0.15, -0.1) is 0 Å². The zero-order valence-electron chi connectivity index (χ0n) is 10.5. The fourth-order valence-corrected chi connectivity index (χ4v) is 1.75. The van der Waals surface area contributed by atoms with Gasteiger partial charge in [-0.3, -0.25) is 5.01 Å². The number of methoxy groups -OCH3 is 1. The highest BCUT2D eigenvalue weighted by atomic mass is 16.5. The van der Waals surface area contributed by atoms with E-state index in [1.807, 2.05) is 30.5 Å². The number of likely N-dealkylation sites (N-methyl/N-ethyl adjacent to an activating group) is 1. The number of hydrogen-bond acceptors (Lipinski definition) is 4. The first-order valence-electron chi connectivity index (χ1n) is 5.89. The molecule has 0 bridgehead atoms. The highest BCUT2D eigenvalue weighted by Gasteiger charge is 2.10. The molecule has 1 fully saturated rings. The number of hydrazone groups is 1. The second-order valence-electron chi connectivity index (χ2n) is 4.27. The lowest BCUT2D eigenvalue weighted by Gasteiger charge is -2.30. The smallest absolute Gasteiger partial charge is 0.118 e. The van der Waals surface area contributed by atoms with Crippen molar-refractivity contribution >= 4 is 6.21 Å². The Bertz CT molecular complexity index is 367. The predicted molar refractivity (Wildman–Crippen MR) is 69.7 cm³/mol. The second kappa shape index (κ2) is 5.68. The summed E-state index contributed by atoms with van der Waals surface area (Å²) >= 11 is 0. The third-order valence-corrected chi connectivity index (χ3v) is 2.97. The quantitative estimate of drug-likeness (QED) is 0.736. The Morgan fingerprint density at radius 3 is 2.35 bits per heavy atom. The Kier molecular flexibility index (Phi) is 3.98. The number of benzene rings is 1. The van der Waals surface area contributed by atoms with E-state index in [0.29, 0.717) is 0 Å². The SMILES string of the molecule is COc1ccc(/C=N\N2CCN(C)CC2)cc1. The van der Waals surface area contributed by atoms with Crippen LogP contribution in [0.25, 0.3) is 0 Å². The highest BCUT2D eigenvalue weighted by molar-refractivity contribution is 5.79. The average molecular weight is 233 g/mol. The third kappa shape index (κ3) is 3.46. The molecule has 0 aromatic heterocycles. The molecule has 4 nitrogen and oxygen atoms in total. The van der Waals surface area contributed by atoms with Crippen LogP contribution in [0.1, 0.15) is 5.56 Å². The van der Waals surface area contributed by atoms with Crippen LogP contribution < -0.4 is 4.74 Å². The summed E-state index contributed by atoms with van der Waals surface area (Å²) in [5.74, 6) is 0.877. The van der Waals surface area contributed by atoms with Crippen molar-refractivity contribution < 1.29 is 4.74 Å². The first kappa shape index (κ1) is 11.9. The molecule has 0 amide bonds. The topological polar surface area (TPSA) is 28.1 Å². The summed E-state index contributed by atoms with van der Waals surface area (Å²) in [6.45, 7) is 4.17. The van der Waals surface area contributed by atoms with E-state index < -0.39 is 0 Å². The molecule has 0 unspecified atom stereocenters. The Balaban J connectivity index is 1.90. The molecule has 1 aliphatic rings. The van der Waals surface area contributed by atoms with Crippen LogP contribution in [0.3, 0.4) is 0 Å². The molecule has 92 valence electrons. The maximum atomic E-state index is 5.12. The Morgan fingerprint density at radius 2 is 1.76 bits per heavy atom. The summed E-state index contributed by atoms with van der Waals surface area (Å²) in [5, 5.41) is 6.60. The molecule has 17 heavy (non-hydrogen) atoms. The molecule has 2 rings (SSSR count). The lowest BCUT2D eigenvalue weighted by atomic mass is 10.2. The van der Waals surface area contributed by atoms with Crippen molar-refractivity contribution in [2.24, 2.45) is 5.10 Å². The van der Waals surface area contributed by atoms with Gasteiger partial charge in [0.25, 0.3) is 0 Å². The summed E-state index contributed by atoms with van der Waals surface area (Å²) in [6, 6.07) is 7.92. The van der Waals surface area contributed by atoms with Gasteiger partial charge in [-0.05, 0) is 36.9 Å². The predicted octanol–water partition coefficient (Wildman–Crippen LogP) is 1.28. The summed E-state index contributed by atoms with van der Waals surface area (Å²) < 4.78 is 5.12. The number of ether oxygens (including phenoxy) is 1. The first-order chi connectivity index (χ1) is 8.28. The first-order valence-corrected chi connectivity index (χ1v) is 5.89. The zero-order chi connectivity index (χ0) is 12.1. The van der Waals surface area contributed by atoms with Gasteiger partial charge in [-0.2, -0.15) is 5.10 Å². The molecule has 0 radical (unpaired) electrons. The van der Waals surface area contributed by atoms with E-state index in [0.717, 1.165) is 37.5 Å². The maximum Gasteiger partial charge on any atom is 0.118 e. The van der Waals surface area contributed by atoms with Crippen LogP contribution in [0, 0.1) is 0 Å². The minimum Gasteiger partial charge on any atom is -0.497 e. The van der Waals surface area contributed by atoms with Crippen LogP contribution >= 0.6 is 0 Å². The van der Waals surface area contributed by atoms with E-state index in [1.165, 1.54) is 0 Å². The molecule has 1 aromatic rings. The third-order valence-electron chi connectivity index (χ3n) is 2.97. The summed E-state index contributed by atoms with van der Waals surface area (Å²) in [5.41, 5.74) is 1.10. The molecular weight excluding hydrogens is 214 g/mol. The number of hydrogen-bond donors (Lipinski definition) is 0. The summed E-state index contributed by atoms with van der Waals surface area (Å²) in [4.78, 5) is 2.32. The Hall–Kier alpha value is -1.55. The van der Waals surface area contributed by atoms with Gasteiger partial charge >= 0.3 is 0 Å². The molecule has 1 heterocycles. The van der Waals surface area contributed by atoms with Crippen LogP contribution in [0.15, 0.2) is 29.4 Å². The molecule has 4 heteroatoms. The number of rotatable bonds is 3. The van der Waals surface area contributed by atoms with Crippen molar-refractivity contribution in [3.63, 3.8) is 0 Å². The van der Waals surface area contributed by atoms with Gasteiger partial charge in [0.1, 0.15) is 5.75 Å². The van der Waals surface area contributed by atoms with Gasteiger partial charge in [-0.25, -0.2) is 0 Å². The lowest BCUT2D eigenvalue weighted by Crippen LogP contribution is -2.41. The minimum absolute atomic E-state index is 0.877. The molecule has 0 spiro atoms. The van der Waals surface area contributed by atoms with Crippen molar-refractivity contribution in [2.75, 3.05) is 40.3 Å². The van der Waals surface area contributed by atoms with Gasteiger partial charge in [-0.1, -0.05) is 0 Å². The van der Waals surface area contributed by atoms with E-state index in [2.05, 4.69) is 22.1 Å². The van der Waals surface area contributed by atoms with Crippen molar-refractivity contribution in [3.05, 3.63) is 29.8 Å². The maximum absolute atomic E-state index is 5.12. The zero-order valence-corrected chi connectivity index (χ0v) is 10.5. The fraction of sp³-hybridized carbons (Fsp3) is 0.462. The van der Waals surface area contributed by atoms with Gasteiger partial charge in [0, 0.05) is 26.2 Å². The largest absolute Gasteiger partial charge is 0.497 e. The van der Waals surface area contributed by atoms with Crippen molar-refractivity contribution in [1.29, 1.82) is 0 Å². The van der Waals surface area contributed by atoms with Crippen molar-refractivity contribution in [3.8, 4) is 5.75 Å². The molecule has 0 saturated carbocycles. The molecular formula is C13H19N3O. The monoisotopic (exact) mass is 233 g/mol. The molecule has 0 aliphatic carbocycles. The van der Waals surface area contributed by atoms with Crippen LogP contribution in [0.5, 0.6) is 5.75 Å². The van der Waals surface area contributed by atoms with E-state index in [-0.39, 0.29) is 0 Å². The Morgan fingerprint density at radius 1 is 1.12 bits per heavy atom. The average Bonchev–Trinajstić information content (AvgIpc) is 2.39. The van der Waals surface area contributed by atoms with Gasteiger partial charge in [0.15, 0.2) is 0 Å². The van der Waals surface area contributed by atoms with Crippen molar-refractivity contribution in [2.45, 2.75) is 0 Å². The lowest BCUT2D eigenvalue weighted by molar-refractivity contribution is 0.159. The number of nitrogens with zero attached hydrogens (tertiary/aromatic N) is 3. The molecule has 1 saturated heterocycles. The van der Waals surface area contributed by atoms with Gasteiger partial charge in [0.05, 0.1) is 13.3 Å². The molecule has 0 N–H and O–H groups in total. The van der Waals surface area contributed by atoms with E-state index >= 15 is 0 Å². The minimum atomic E-state index is 0.877. The Labute approximate surface area is 102 Å². The van der Waals surface area contributed by atoms with Crippen LogP contribution in [0.4, 0.5) is 0 Å². The number of piperazine rings is 1. The van der Waals surface area contributed by atoms with Gasteiger partial charge in [0.2, 0.25) is 0 Å². The van der Waals surface area contributed by atoms with Crippen molar-refractivity contribution in [1.82, 2.24) is 9.91 Å². The summed E-state index contributed by atoms with van der Waals surface area (Å²) in [7, 11) is 3.82. The second-order valence-corrected chi connectivity index (χ2v) is 4.27. The standard InChI is InChI=1S/C13H19N3O/c1-15-7-9-16(10-8-15)14-11-12-3-5-13(17-2)6-4-12/h3-6,11H,7-10H2,1-2H3/b14-11-. The van der Waals surface area contributed by atoms with Crippen LogP contribution in [0.2, 0.25) is 0 Å².